The Morgan fingerprint density at radius 1 is 1.23 bits per heavy atom. The van der Waals surface area contributed by atoms with Crippen molar-refractivity contribution in [3.05, 3.63) is 48.3 Å². The molecule has 22 heavy (non-hydrogen) atoms. The Labute approximate surface area is 124 Å². The third-order valence-electron chi connectivity index (χ3n) is 2.67. The lowest BCUT2D eigenvalue weighted by molar-refractivity contribution is -0.141. The highest BCUT2D eigenvalue weighted by molar-refractivity contribution is 5.75. The Kier molecular flexibility index (Phi) is 5.03. The first-order valence-corrected chi connectivity index (χ1v) is 6.50. The number of para-hydroxylation sites is 1. The Hall–Kier alpha value is -2.51. The zero-order valence-electron chi connectivity index (χ0n) is 11.5. The number of carbonyl (C=O) groups is 1. The van der Waals surface area contributed by atoms with Gasteiger partial charge in [-0.15, -0.1) is 0 Å². The highest BCUT2D eigenvalue weighted by Crippen LogP contribution is 2.27. The summed E-state index contributed by atoms with van der Waals surface area (Å²) in [5, 5.41) is 5.84. The van der Waals surface area contributed by atoms with Crippen molar-refractivity contribution < 1.29 is 22.7 Å². The van der Waals surface area contributed by atoms with Crippen LogP contribution in [0.3, 0.4) is 0 Å². The van der Waals surface area contributed by atoms with Gasteiger partial charge >= 0.3 is 6.18 Å². The number of hydrogen-bond donors (Lipinski definition) is 1. The van der Waals surface area contributed by atoms with Crippen LogP contribution >= 0.6 is 0 Å². The molecule has 118 valence electrons. The first-order chi connectivity index (χ1) is 10.4. The highest BCUT2D eigenvalue weighted by Gasteiger charge is 2.33. The highest BCUT2D eigenvalue weighted by atomic mass is 19.4. The van der Waals surface area contributed by atoms with E-state index in [1.807, 2.05) is 18.2 Å². The van der Waals surface area contributed by atoms with E-state index in [1.54, 1.807) is 12.1 Å². The second kappa shape index (κ2) is 6.97. The third kappa shape index (κ3) is 4.80. The molecule has 0 unspecified atom stereocenters. The molecule has 1 amide bonds. The second-order valence-electron chi connectivity index (χ2n) is 4.41. The Morgan fingerprint density at radius 3 is 2.59 bits per heavy atom. The molecule has 5 nitrogen and oxygen atoms in total. The molecule has 1 aromatic carbocycles. The molecule has 0 aliphatic carbocycles. The lowest BCUT2D eigenvalue weighted by atomic mass is 10.3. The average Bonchev–Trinajstić information content (AvgIpc) is 2.93. The molecule has 1 N–H and O–H groups in total. The average molecular weight is 313 g/mol. The van der Waals surface area contributed by atoms with Crippen molar-refractivity contribution in [3.63, 3.8) is 0 Å². The van der Waals surface area contributed by atoms with Gasteiger partial charge < -0.3 is 10.1 Å². The van der Waals surface area contributed by atoms with Crippen LogP contribution in [0.5, 0.6) is 5.75 Å². The zero-order chi connectivity index (χ0) is 16.0. The summed E-state index contributed by atoms with van der Waals surface area (Å²) in [4.78, 5) is 11.6. The molecule has 0 saturated heterocycles. The van der Waals surface area contributed by atoms with E-state index in [-0.39, 0.29) is 19.7 Å². The number of hydrogen-bond acceptors (Lipinski definition) is 3. The van der Waals surface area contributed by atoms with E-state index in [2.05, 4.69) is 10.4 Å². The molecule has 0 bridgehead atoms. The maximum absolute atomic E-state index is 12.4. The largest absolute Gasteiger partial charge is 0.492 e. The van der Waals surface area contributed by atoms with Gasteiger partial charge in [-0.05, 0) is 18.2 Å². The number of benzene rings is 1. The summed E-state index contributed by atoms with van der Waals surface area (Å²) in [7, 11) is 0. The predicted octanol–water partition coefficient (Wildman–Crippen LogP) is 2.10. The molecule has 2 aromatic rings. The summed E-state index contributed by atoms with van der Waals surface area (Å²) < 4.78 is 43.4. The standard InChI is InChI=1S/C14H14F3N3O2/c15-14(16,17)12-6-8-20(19-12)10-13(21)18-7-9-22-11-4-2-1-3-5-11/h1-6,8H,7,9-10H2,(H,18,21). The number of alkyl halides is 3. The summed E-state index contributed by atoms with van der Waals surface area (Å²) in [6.45, 7) is 0.241. The Balaban J connectivity index is 1.71. The number of amides is 1. The Morgan fingerprint density at radius 2 is 1.95 bits per heavy atom. The van der Waals surface area contributed by atoms with Crippen molar-refractivity contribution in [2.45, 2.75) is 12.7 Å². The number of nitrogens with zero attached hydrogens (tertiary/aromatic N) is 2. The van der Waals surface area contributed by atoms with Crippen molar-refractivity contribution >= 4 is 5.91 Å². The van der Waals surface area contributed by atoms with Crippen molar-refractivity contribution in [2.24, 2.45) is 0 Å². The second-order valence-corrected chi connectivity index (χ2v) is 4.41. The van der Waals surface area contributed by atoms with Crippen LogP contribution in [-0.2, 0) is 17.5 Å². The van der Waals surface area contributed by atoms with Gasteiger partial charge in [0.05, 0.1) is 6.54 Å². The minimum absolute atomic E-state index is 0.251. The summed E-state index contributed by atoms with van der Waals surface area (Å²) in [5.74, 6) is 0.243. The van der Waals surface area contributed by atoms with Gasteiger partial charge in [0.25, 0.3) is 0 Å². The molecular formula is C14H14F3N3O2. The SMILES string of the molecule is O=C(Cn1ccc(C(F)(F)F)n1)NCCOc1ccccc1. The maximum atomic E-state index is 12.4. The van der Waals surface area contributed by atoms with Crippen LogP contribution in [0.1, 0.15) is 5.69 Å². The van der Waals surface area contributed by atoms with Crippen LogP contribution in [0.15, 0.2) is 42.6 Å². The van der Waals surface area contributed by atoms with Gasteiger partial charge in [-0.25, -0.2) is 0 Å². The smallest absolute Gasteiger partial charge is 0.435 e. The molecule has 0 fully saturated rings. The zero-order valence-corrected chi connectivity index (χ0v) is 11.5. The van der Waals surface area contributed by atoms with Crippen LogP contribution in [0, 0.1) is 0 Å². The summed E-state index contributed by atoms with van der Waals surface area (Å²) in [6.07, 6.45) is -3.39. The Bertz CT molecular complexity index is 611. The van der Waals surface area contributed by atoms with Crippen LogP contribution < -0.4 is 10.1 Å². The normalized spacial score (nSPS) is 11.2. The van der Waals surface area contributed by atoms with Gasteiger partial charge in [0.1, 0.15) is 18.9 Å². The lowest BCUT2D eigenvalue weighted by Crippen LogP contribution is -2.31. The molecule has 1 aromatic heterocycles. The monoisotopic (exact) mass is 313 g/mol. The molecule has 2 rings (SSSR count). The molecular weight excluding hydrogens is 299 g/mol. The fraction of sp³-hybridized carbons (Fsp3) is 0.286. The number of rotatable bonds is 6. The van der Waals surface area contributed by atoms with E-state index in [0.29, 0.717) is 5.75 Å². The molecule has 0 atom stereocenters. The number of ether oxygens (including phenoxy) is 1. The minimum Gasteiger partial charge on any atom is -0.492 e. The van der Waals surface area contributed by atoms with E-state index in [1.165, 1.54) is 0 Å². The number of halogens is 3. The van der Waals surface area contributed by atoms with E-state index < -0.39 is 17.8 Å². The summed E-state index contributed by atoms with van der Waals surface area (Å²) in [6, 6.07) is 9.89. The van der Waals surface area contributed by atoms with Gasteiger partial charge in [0.15, 0.2) is 5.69 Å². The van der Waals surface area contributed by atoms with Crippen LogP contribution in [0.2, 0.25) is 0 Å². The fourth-order valence-corrected chi connectivity index (χ4v) is 1.68. The number of nitrogens with one attached hydrogen (secondary N) is 1. The first-order valence-electron chi connectivity index (χ1n) is 6.50. The van der Waals surface area contributed by atoms with Gasteiger partial charge in [0, 0.05) is 6.20 Å². The minimum atomic E-state index is -4.51. The molecule has 8 heteroatoms. The van der Waals surface area contributed by atoms with Crippen molar-refractivity contribution in [1.82, 2.24) is 15.1 Å². The topological polar surface area (TPSA) is 56.2 Å². The molecule has 0 aliphatic heterocycles. The molecule has 0 saturated carbocycles. The van der Waals surface area contributed by atoms with Crippen molar-refractivity contribution in [2.75, 3.05) is 13.2 Å². The lowest BCUT2D eigenvalue weighted by Gasteiger charge is -2.08. The number of aromatic nitrogens is 2. The number of carbonyl (C=O) groups excluding carboxylic acids is 1. The molecule has 1 heterocycles. The quantitative estimate of drug-likeness (QED) is 0.831. The van der Waals surface area contributed by atoms with Crippen LogP contribution in [0.25, 0.3) is 0 Å². The van der Waals surface area contributed by atoms with E-state index in [9.17, 15) is 18.0 Å². The van der Waals surface area contributed by atoms with E-state index in [0.717, 1.165) is 16.9 Å². The van der Waals surface area contributed by atoms with E-state index in [4.69, 9.17) is 4.74 Å². The summed E-state index contributed by atoms with van der Waals surface area (Å²) >= 11 is 0. The van der Waals surface area contributed by atoms with Crippen LogP contribution in [0.4, 0.5) is 13.2 Å². The molecule has 0 spiro atoms. The van der Waals surface area contributed by atoms with E-state index >= 15 is 0 Å². The van der Waals surface area contributed by atoms with Crippen LogP contribution in [-0.4, -0.2) is 28.8 Å². The molecule has 0 aliphatic rings. The summed E-state index contributed by atoms with van der Waals surface area (Å²) in [5.41, 5.74) is -1.02. The predicted molar refractivity (Wildman–Crippen MR) is 72.2 cm³/mol. The molecule has 0 radical (unpaired) electrons. The van der Waals surface area contributed by atoms with Crippen molar-refractivity contribution in [3.8, 4) is 5.75 Å². The van der Waals surface area contributed by atoms with Gasteiger partial charge in [-0.1, -0.05) is 18.2 Å². The first kappa shape index (κ1) is 15.9. The van der Waals surface area contributed by atoms with Gasteiger partial charge in [-0.3, -0.25) is 9.48 Å². The maximum Gasteiger partial charge on any atom is 0.435 e. The third-order valence-corrected chi connectivity index (χ3v) is 2.67. The van der Waals surface area contributed by atoms with Gasteiger partial charge in [0.2, 0.25) is 5.91 Å². The fourth-order valence-electron chi connectivity index (χ4n) is 1.68. The van der Waals surface area contributed by atoms with Crippen molar-refractivity contribution in [1.29, 1.82) is 0 Å². The van der Waals surface area contributed by atoms with Gasteiger partial charge in [-0.2, -0.15) is 18.3 Å².